The lowest BCUT2D eigenvalue weighted by Gasteiger charge is -2.39. The molecule has 0 fully saturated rings. The van der Waals surface area contributed by atoms with Crippen LogP contribution in [0.5, 0.6) is 11.5 Å². The minimum atomic E-state index is -4.91. The summed E-state index contributed by atoms with van der Waals surface area (Å²) in [4.78, 5) is 0. The molecule has 0 aliphatic heterocycles. The van der Waals surface area contributed by atoms with Crippen LogP contribution in [0.1, 0.15) is 58.2 Å². The van der Waals surface area contributed by atoms with Gasteiger partial charge in [0.05, 0.1) is 21.3 Å². The highest BCUT2D eigenvalue weighted by Gasteiger charge is 2.45. The maximum Gasteiger partial charge on any atom is 0.461 e. The Kier molecular flexibility index (Phi) is 10.4. The number of ether oxygens (including phenoxy) is 1. The highest BCUT2D eigenvalue weighted by molar-refractivity contribution is 7.84. The minimum absolute atomic E-state index is 0.00858. The fourth-order valence-corrected chi connectivity index (χ4v) is 6.04. The molecule has 0 amide bonds. The van der Waals surface area contributed by atoms with Crippen LogP contribution in [0.25, 0.3) is 0 Å². The molecule has 4 nitrogen and oxygen atoms in total. The summed E-state index contributed by atoms with van der Waals surface area (Å²) in [5, 5.41) is -0.238. The molecule has 3 rings (SSSR count). The fraction of sp³-hybridized carbons (Fsp3) is 0.438. The normalized spacial score (nSPS) is 15.2. The molecule has 44 heavy (non-hydrogen) atoms. The van der Waals surface area contributed by atoms with Crippen molar-refractivity contribution in [1.29, 1.82) is 0 Å². The van der Waals surface area contributed by atoms with Gasteiger partial charge >= 0.3 is 12.5 Å². The summed E-state index contributed by atoms with van der Waals surface area (Å²) in [6, 6.07) is 15.3. The van der Waals surface area contributed by atoms with Gasteiger partial charge in [0.15, 0.2) is 5.82 Å². The van der Waals surface area contributed by atoms with E-state index in [-0.39, 0.29) is 28.3 Å². The van der Waals surface area contributed by atoms with Crippen LogP contribution in [0.15, 0.2) is 66.7 Å². The second-order valence-corrected chi connectivity index (χ2v) is 19.9. The summed E-state index contributed by atoms with van der Waals surface area (Å²) < 4.78 is 111. The van der Waals surface area contributed by atoms with E-state index in [1.165, 1.54) is 12.1 Å². The third-order valence-electron chi connectivity index (χ3n) is 7.60. The van der Waals surface area contributed by atoms with E-state index in [1.54, 1.807) is 51.1 Å². The zero-order valence-electron chi connectivity index (χ0n) is 26.0. The third kappa shape index (κ3) is 8.25. The van der Waals surface area contributed by atoms with Crippen LogP contribution in [0.2, 0.25) is 18.1 Å². The molecule has 0 saturated carbocycles. The van der Waals surface area contributed by atoms with E-state index in [0.717, 1.165) is 18.2 Å². The first kappa shape index (κ1) is 35.6. The standard InChI is InChI=1S/C32H39F6NO3SSi/c1-29(2,3)43(40)39-31(20-21-12-10-9-11-13-21,23-16-24(33)19-25(17-23)41-32(37,38)28(35)36)22-14-15-27(26(34)18-22)42-44(7,8)30(4,5)6/h9-19,28,39H,20H2,1-8H3/t31-,43?/m0/s1. The third-order valence-corrected chi connectivity index (χ3v) is 13.6. The highest BCUT2D eigenvalue weighted by atomic mass is 32.2. The Hall–Kier alpha value is -2.83. The molecular weight excluding hydrogens is 620 g/mol. The van der Waals surface area contributed by atoms with Gasteiger partial charge in [-0.15, -0.1) is 0 Å². The molecule has 242 valence electrons. The molecule has 0 aliphatic carbocycles. The first-order valence-corrected chi connectivity index (χ1v) is 18.0. The number of alkyl halides is 4. The Morgan fingerprint density at radius 2 is 1.48 bits per heavy atom. The van der Waals surface area contributed by atoms with Gasteiger partial charge in [-0.05, 0) is 86.3 Å². The summed E-state index contributed by atoms with van der Waals surface area (Å²) >= 11 is 0. The molecule has 0 bridgehead atoms. The first-order chi connectivity index (χ1) is 20.1. The van der Waals surface area contributed by atoms with E-state index in [2.05, 4.69) is 9.46 Å². The van der Waals surface area contributed by atoms with E-state index < -0.39 is 59.5 Å². The predicted octanol–water partition coefficient (Wildman–Crippen LogP) is 9.12. The van der Waals surface area contributed by atoms with Crippen molar-refractivity contribution < 1.29 is 39.7 Å². The molecule has 0 radical (unpaired) electrons. The molecule has 3 aromatic carbocycles. The maximum atomic E-state index is 15.9. The Morgan fingerprint density at radius 3 is 2.00 bits per heavy atom. The van der Waals surface area contributed by atoms with Crippen molar-refractivity contribution in [3.63, 3.8) is 0 Å². The zero-order chi connectivity index (χ0) is 33.3. The SMILES string of the molecule is CC(C)(C)S(=O)N[C@](Cc1ccccc1)(c1cc(F)cc(OC(F)(F)C(F)F)c1)c1ccc(O[Si](C)(C)C(C)(C)C)c(F)c1. The monoisotopic (exact) mass is 659 g/mol. The van der Waals surface area contributed by atoms with Crippen molar-refractivity contribution in [3.8, 4) is 11.5 Å². The van der Waals surface area contributed by atoms with Gasteiger partial charge < -0.3 is 9.16 Å². The molecule has 0 saturated heterocycles. The summed E-state index contributed by atoms with van der Waals surface area (Å²) in [6.45, 7) is 15.0. The van der Waals surface area contributed by atoms with Crippen LogP contribution in [0.4, 0.5) is 26.3 Å². The lowest BCUT2D eigenvalue weighted by Crippen LogP contribution is -2.50. The van der Waals surface area contributed by atoms with Crippen molar-refractivity contribution in [2.75, 3.05) is 0 Å². The smallest absolute Gasteiger partial charge is 0.461 e. The molecule has 12 heteroatoms. The van der Waals surface area contributed by atoms with E-state index >= 15 is 8.78 Å². The molecule has 1 N–H and O–H groups in total. The van der Waals surface area contributed by atoms with Crippen LogP contribution in [0, 0.1) is 11.6 Å². The van der Waals surface area contributed by atoms with Crippen molar-refractivity contribution in [2.45, 2.75) is 88.9 Å². The van der Waals surface area contributed by atoms with Gasteiger partial charge in [-0.1, -0.05) is 57.2 Å². The van der Waals surface area contributed by atoms with Crippen molar-refractivity contribution >= 4 is 19.3 Å². The summed E-state index contributed by atoms with van der Waals surface area (Å²) in [7, 11) is -4.35. The largest absolute Gasteiger partial charge is 0.542 e. The van der Waals surface area contributed by atoms with Crippen LogP contribution < -0.4 is 13.9 Å². The van der Waals surface area contributed by atoms with E-state index in [4.69, 9.17) is 4.43 Å². The van der Waals surface area contributed by atoms with Gasteiger partial charge in [0, 0.05) is 6.07 Å². The summed E-state index contributed by atoms with van der Waals surface area (Å²) in [6.07, 6.45) is -9.16. The zero-order valence-corrected chi connectivity index (χ0v) is 27.9. The van der Waals surface area contributed by atoms with Crippen LogP contribution >= 0.6 is 0 Å². The molecule has 0 aromatic heterocycles. The summed E-state index contributed by atoms with van der Waals surface area (Å²) in [5.41, 5.74) is -1.03. The lowest BCUT2D eigenvalue weighted by molar-refractivity contribution is -0.253. The van der Waals surface area contributed by atoms with Gasteiger partial charge in [0.1, 0.15) is 17.3 Å². The minimum Gasteiger partial charge on any atom is -0.542 e. The predicted molar refractivity (Wildman–Crippen MR) is 164 cm³/mol. The van der Waals surface area contributed by atoms with Crippen LogP contribution in [-0.2, 0) is 22.9 Å². The Balaban J connectivity index is 2.33. The number of hydrogen-bond acceptors (Lipinski definition) is 3. The Morgan fingerprint density at radius 1 is 0.864 bits per heavy atom. The molecule has 0 aliphatic rings. The second kappa shape index (κ2) is 12.9. The highest BCUT2D eigenvalue weighted by Crippen LogP contribution is 2.42. The van der Waals surface area contributed by atoms with Gasteiger partial charge in [-0.2, -0.15) is 17.6 Å². The second-order valence-electron chi connectivity index (χ2n) is 13.2. The first-order valence-electron chi connectivity index (χ1n) is 14.0. The summed E-state index contributed by atoms with van der Waals surface area (Å²) in [5.74, 6) is -2.72. The Labute approximate surface area is 258 Å². The fourth-order valence-electron chi connectivity index (χ4n) is 4.08. The molecule has 0 heterocycles. The van der Waals surface area contributed by atoms with Gasteiger partial charge in [-0.25, -0.2) is 17.7 Å². The molecule has 3 aromatic rings. The maximum absolute atomic E-state index is 15.9. The van der Waals surface area contributed by atoms with Crippen LogP contribution in [0.3, 0.4) is 0 Å². The van der Waals surface area contributed by atoms with Gasteiger partial charge in [0.25, 0.3) is 8.32 Å². The number of rotatable bonds is 11. The van der Waals surface area contributed by atoms with Gasteiger partial charge in [0.2, 0.25) is 0 Å². The Bertz CT molecular complexity index is 1480. The number of benzene rings is 3. The van der Waals surface area contributed by atoms with E-state index in [1.807, 2.05) is 33.9 Å². The van der Waals surface area contributed by atoms with Crippen molar-refractivity contribution in [2.24, 2.45) is 0 Å². The topological polar surface area (TPSA) is 47.6 Å². The molecular formula is C32H39F6NO3SSi. The molecule has 0 spiro atoms. The van der Waals surface area contributed by atoms with E-state index in [0.29, 0.717) is 11.6 Å². The van der Waals surface area contributed by atoms with Crippen LogP contribution in [-0.4, -0.2) is 29.8 Å². The molecule has 2 atom stereocenters. The number of hydrogen-bond donors (Lipinski definition) is 1. The average molecular weight is 660 g/mol. The van der Waals surface area contributed by atoms with Crippen molar-refractivity contribution in [1.82, 2.24) is 4.72 Å². The average Bonchev–Trinajstić information content (AvgIpc) is 2.88. The lowest BCUT2D eigenvalue weighted by atomic mass is 9.78. The molecule has 1 unspecified atom stereocenters. The van der Waals surface area contributed by atoms with E-state index in [9.17, 15) is 21.8 Å². The number of halogens is 6. The van der Waals surface area contributed by atoms with Crippen molar-refractivity contribution in [3.05, 3.63) is 95.1 Å². The quantitative estimate of drug-likeness (QED) is 0.165. The van der Waals surface area contributed by atoms with Gasteiger partial charge in [-0.3, -0.25) is 0 Å². The number of nitrogens with one attached hydrogen (secondary N) is 1.